The minimum absolute atomic E-state index is 0.125. The van der Waals surface area contributed by atoms with Gasteiger partial charge in [-0.1, -0.05) is 45.7 Å². The van der Waals surface area contributed by atoms with Crippen molar-refractivity contribution in [3.05, 3.63) is 68.0 Å². The molecule has 1 aliphatic rings. The van der Waals surface area contributed by atoms with E-state index < -0.39 is 0 Å². The Bertz CT molecular complexity index is 854. The molecule has 122 valence electrons. The first kappa shape index (κ1) is 17.1. The number of benzene rings is 2. The van der Waals surface area contributed by atoms with E-state index in [2.05, 4.69) is 21.2 Å². The number of thioether (sulfide) groups is 1. The number of rotatable bonds is 4. The number of nitrogens with one attached hydrogen (secondary N) is 2. The fourth-order valence-electron chi connectivity index (χ4n) is 2.12. The van der Waals surface area contributed by atoms with E-state index in [9.17, 15) is 4.79 Å². The minimum Gasteiger partial charge on any atom is -0.488 e. The topological polar surface area (TPSA) is 62.2 Å². The summed E-state index contributed by atoms with van der Waals surface area (Å²) in [6, 6.07) is 13.1. The van der Waals surface area contributed by atoms with Crippen molar-refractivity contribution in [2.75, 3.05) is 0 Å². The average Bonchev–Trinajstić information content (AvgIpc) is 2.85. The second kappa shape index (κ2) is 7.42. The molecule has 2 N–H and O–H groups in total. The van der Waals surface area contributed by atoms with Gasteiger partial charge in [-0.2, -0.15) is 0 Å². The number of amides is 1. The molecule has 0 saturated carbocycles. The molecule has 3 rings (SSSR count). The van der Waals surface area contributed by atoms with Gasteiger partial charge in [0.15, 0.2) is 5.17 Å². The standard InChI is InChI=1S/C17H12BrClN2O2S/c18-12-5-6-14(23-9-10-3-1-2-4-13(10)19)11(7-12)8-15-16(22)21-17(20)24-15/h1-8H,9H2,(H2,20,21,22)/b15-8-. The number of halogens is 2. The molecule has 1 fully saturated rings. The summed E-state index contributed by atoms with van der Waals surface area (Å²) in [5, 5.41) is 10.8. The fraction of sp³-hybridized carbons (Fsp3) is 0.0588. The van der Waals surface area contributed by atoms with Gasteiger partial charge in [-0.25, -0.2) is 0 Å². The van der Waals surface area contributed by atoms with Crippen LogP contribution in [-0.2, 0) is 11.4 Å². The summed E-state index contributed by atoms with van der Waals surface area (Å²) < 4.78 is 6.76. The van der Waals surface area contributed by atoms with Gasteiger partial charge in [0.05, 0.1) is 4.91 Å². The normalized spacial score (nSPS) is 15.7. The maximum Gasteiger partial charge on any atom is 0.264 e. The Morgan fingerprint density at radius 1 is 1.29 bits per heavy atom. The molecule has 2 aromatic carbocycles. The molecule has 1 amide bonds. The molecule has 2 aromatic rings. The molecule has 0 radical (unpaired) electrons. The van der Waals surface area contributed by atoms with Crippen molar-refractivity contribution in [2.45, 2.75) is 6.61 Å². The van der Waals surface area contributed by atoms with Crippen molar-refractivity contribution in [3.63, 3.8) is 0 Å². The van der Waals surface area contributed by atoms with Crippen LogP contribution in [0, 0.1) is 5.41 Å². The molecule has 4 nitrogen and oxygen atoms in total. The van der Waals surface area contributed by atoms with Crippen LogP contribution in [0.4, 0.5) is 0 Å². The van der Waals surface area contributed by atoms with E-state index in [1.54, 1.807) is 6.08 Å². The van der Waals surface area contributed by atoms with Crippen LogP contribution in [-0.4, -0.2) is 11.1 Å². The van der Waals surface area contributed by atoms with Crippen LogP contribution in [0.3, 0.4) is 0 Å². The SMILES string of the molecule is N=C1NC(=O)/C(=C/c2cc(Br)ccc2OCc2ccccc2Cl)S1. The molecular formula is C17H12BrClN2O2S. The molecule has 1 heterocycles. The summed E-state index contributed by atoms with van der Waals surface area (Å²) in [6.45, 7) is 0.326. The van der Waals surface area contributed by atoms with Crippen LogP contribution in [0.15, 0.2) is 51.8 Å². The Labute approximate surface area is 156 Å². The second-order valence-corrected chi connectivity index (χ2v) is 7.33. The van der Waals surface area contributed by atoms with E-state index in [0.29, 0.717) is 22.3 Å². The molecule has 1 aliphatic heterocycles. The molecule has 24 heavy (non-hydrogen) atoms. The van der Waals surface area contributed by atoms with Crippen molar-refractivity contribution in [2.24, 2.45) is 0 Å². The Morgan fingerprint density at radius 3 is 2.79 bits per heavy atom. The Balaban J connectivity index is 1.86. The van der Waals surface area contributed by atoms with Crippen molar-refractivity contribution in [3.8, 4) is 5.75 Å². The van der Waals surface area contributed by atoms with Gasteiger partial charge in [-0.15, -0.1) is 0 Å². The fourth-order valence-corrected chi connectivity index (χ4v) is 3.38. The maximum absolute atomic E-state index is 11.8. The summed E-state index contributed by atoms with van der Waals surface area (Å²) >= 11 is 10.7. The van der Waals surface area contributed by atoms with Crippen molar-refractivity contribution in [1.82, 2.24) is 5.32 Å². The van der Waals surface area contributed by atoms with Gasteiger partial charge < -0.3 is 10.1 Å². The van der Waals surface area contributed by atoms with Gasteiger partial charge >= 0.3 is 0 Å². The Kier molecular flexibility index (Phi) is 5.28. The first-order valence-corrected chi connectivity index (χ1v) is 8.97. The Morgan fingerprint density at radius 2 is 2.08 bits per heavy atom. The van der Waals surface area contributed by atoms with Crippen molar-refractivity contribution in [1.29, 1.82) is 5.41 Å². The lowest BCUT2D eigenvalue weighted by molar-refractivity contribution is -0.115. The highest BCUT2D eigenvalue weighted by Crippen LogP contribution is 2.31. The predicted molar refractivity (Wildman–Crippen MR) is 101 cm³/mol. The zero-order valence-corrected chi connectivity index (χ0v) is 15.5. The number of hydrogen-bond donors (Lipinski definition) is 2. The lowest BCUT2D eigenvalue weighted by Gasteiger charge is -2.11. The van der Waals surface area contributed by atoms with E-state index in [1.807, 2.05) is 42.5 Å². The van der Waals surface area contributed by atoms with E-state index >= 15 is 0 Å². The third-order valence-corrected chi connectivity index (χ3v) is 4.95. The first-order chi connectivity index (χ1) is 11.5. The van der Waals surface area contributed by atoms with Crippen LogP contribution in [0.25, 0.3) is 6.08 Å². The highest BCUT2D eigenvalue weighted by Gasteiger charge is 2.22. The number of amidine groups is 1. The number of carbonyl (C=O) groups excluding carboxylic acids is 1. The molecular weight excluding hydrogens is 412 g/mol. The average molecular weight is 424 g/mol. The number of ether oxygens (including phenoxy) is 1. The predicted octanol–water partition coefficient (Wildman–Crippen LogP) is 4.82. The van der Waals surface area contributed by atoms with Gasteiger partial charge in [0.2, 0.25) is 0 Å². The van der Waals surface area contributed by atoms with E-state index in [4.69, 9.17) is 21.7 Å². The van der Waals surface area contributed by atoms with Crippen LogP contribution in [0.2, 0.25) is 5.02 Å². The number of carbonyl (C=O) groups is 1. The quantitative estimate of drug-likeness (QED) is 0.693. The summed E-state index contributed by atoms with van der Waals surface area (Å²) in [5.74, 6) is 0.361. The highest BCUT2D eigenvalue weighted by molar-refractivity contribution is 9.10. The van der Waals surface area contributed by atoms with E-state index in [-0.39, 0.29) is 11.1 Å². The molecule has 0 aromatic heterocycles. The van der Waals surface area contributed by atoms with Gasteiger partial charge in [0, 0.05) is 20.6 Å². The van der Waals surface area contributed by atoms with Crippen LogP contribution in [0.1, 0.15) is 11.1 Å². The third kappa shape index (κ3) is 4.01. The highest BCUT2D eigenvalue weighted by atomic mass is 79.9. The van der Waals surface area contributed by atoms with Crippen molar-refractivity contribution >= 4 is 56.4 Å². The second-order valence-electron chi connectivity index (χ2n) is 4.96. The molecule has 1 saturated heterocycles. The smallest absolute Gasteiger partial charge is 0.264 e. The molecule has 0 bridgehead atoms. The third-order valence-electron chi connectivity index (χ3n) is 3.26. The van der Waals surface area contributed by atoms with Gasteiger partial charge in [-0.3, -0.25) is 10.2 Å². The Hall–Kier alpha value is -1.76. The molecule has 0 aliphatic carbocycles. The van der Waals surface area contributed by atoms with Crippen molar-refractivity contribution < 1.29 is 9.53 Å². The molecule has 0 atom stereocenters. The van der Waals surface area contributed by atoms with E-state index in [0.717, 1.165) is 27.4 Å². The van der Waals surface area contributed by atoms with Crippen LogP contribution >= 0.6 is 39.3 Å². The largest absolute Gasteiger partial charge is 0.488 e. The van der Waals surface area contributed by atoms with Gasteiger partial charge in [0.25, 0.3) is 5.91 Å². The molecule has 0 unspecified atom stereocenters. The lowest BCUT2D eigenvalue weighted by Crippen LogP contribution is -2.18. The van der Waals surface area contributed by atoms with Gasteiger partial charge in [-0.05, 0) is 42.1 Å². The first-order valence-electron chi connectivity index (χ1n) is 6.98. The van der Waals surface area contributed by atoms with Crippen LogP contribution in [0.5, 0.6) is 5.75 Å². The zero-order chi connectivity index (χ0) is 17.1. The summed E-state index contributed by atoms with van der Waals surface area (Å²) in [6.07, 6.45) is 1.72. The van der Waals surface area contributed by atoms with Gasteiger partial charge in [0.1, 0.15) is 12.4 Å². The van der Waals surface area contributed by atoms with Crippen LogP contribution < -0.4 is 10.1 Å². The molecule has 0 spiro atoms. The lowest BCUT2D eigenvalue weighted by atomic mass is 10.2. The summed E-state index contributed by atoms with van der Waals surface area (Å²) in [4.78, 5) is 12.3. The van der Waals surface area contributed by atoms with E-state index in [1.165, 1.54) is 0 Å². The minimum atomic E-state index is -0.276. The monoisotopic (exact) mass is 422 g/mol. The zero-order valence-electron chi connectivity index (χ0n) is 12.3. The number of hydrogen-bond acceptors (Lipinski definition) is 4. The summed E-state index contributed by atoms with van der Waals surface area (Å²) in [7, 11) is 0. The maximum atomic E-state index is 11.8. The summed E-state index contributed by atoms with van der Waals surface area (Å²) in [5.41, 5.74) is 1.64. The molecule has 7 heteroatoms.